The molecule has 1 fully saturated rings. The Bertz CT molecular complexity index is 656. The first-order valence-corrected chi connectivity index (χ1v) is 7.25. The number of amides is 1. The average molecular weight is 304 g/mol. The fraction of sp³-hybridized carbons (Fsp3) is 0.400. The molecule has 2 N–H and O–H groups in total. The second-order valence-electron chi connectivity index (χ2n) is 5.44. The fourth-order valence-electron chi connectivity index (χ4n) is 2.48. The first-order valence-electron chi connectivity index (χ1n) is 7.25. The lowest BCUT2D eigenvalue weighted by atomic mass is 10.1. The highest BCUT2D eigenvalue weighted by Crippen LogP contribution is 2.34. The molecule has 6 nitrogen and oxygen atoms in total. The summed E-state index contributed by atoms with van der Waals surface area (Å²) in [5.74, 6) is -0.437. The molecular weight excluding hydrogens is 287 g/mol. The molecule has 2 aromatic rings. The van der Waals surface area contributed by atoms with E-state index in [0.717, 1.165) is 12.8 Å². The molecule has 1 aromatic carbocycles. The van der Waals surface area contributed by atoms with Gasteiger partial charge in [0.05, 0.1) is 0 Å². The van der Waals surface area contributed by atoms with E-state index < -0.39 is 5.82 Å². The third-order valence-electron chi connectivity index (χ3n) is 3.82. The highest BCUT2D eigenvalue weighted by Gasteiger charge is 2.32. The lowest BCUT2D eigenvalue weighted by molar-refractivity contribution is 0.0924. The molecule has 1 heterocycles. The van der Waals surface area contributed by atoms with Crippen molar-refractivity contribution in [3.63, 3.8) is 0 Å². The van der Waals surface area contributed by atoms with E-state index in [2.05, 4.69) is 15.4 Å². The zero-order chi connectivity index (χ0) is 15.5. The van der Waals surface area contributed by atoms with Gasteiger partial charge in [0, 0.05) is 18.2 Å². The molecule has 116 valence electrons. The Morgan fingerprint density at radius 1 is 1.50 bits per heavy atom. The van der Waals surface area contributed by atoms with Crippen LogP contribution in [-0.2, 0) is 0 Å². The van der Waals surface area contributed by atoms with E-state index in [1.165, 1.54) is 29.5 Å². The van der Waals surface area contributed by atoms with Crippen molar-refractivity contribution in [2.45, 2.75) is 25.3 Å². The first-order chi connectivity index (χ1) is 10.7. The minimum Gasteiger partial charge on any atom is -0.396 e. The molecule has 1 atom stereocenters. The van der Waals surface area contributed by atoms with Gasteiger partial charge >= 0.3 is 0 Å². The zero-order valence-corrected chi connectivity index (χ0v) is 11.9. The molecule has 0 radical (unpaired) electrons. The molecule has 0 saturated heterocycles. The topological polar surface area (TPSA) is 80.0 Å². The van der Waals surface area contributed by atoms with Gasteiger partial charge in [-0.1, -0.05) is 0 Å². The van der Waals surface area contributed by atoms with Crippen LogP contribution in [0.25, 0.3) is 5.69 Å². The predicted molar refractivity (Wildman–Crippen MR) is 77.0 cm³/mol. The number of benzene rings is 1. The van der Waals surface area contributed by atoms with Crippen LogP contribution < -0.4 is 5.32 Å². The predicted octanol–water partition coefficient (Wildman–Crippen LogP) is 1.30. The Hall–Kier alpha value is -2.28. The molecule has 1 aliphatic rings. The van der Waals surface area contributed by atoms with Gasteiger partial charge in [0.15, 0.2) is 0 Å². The standard InChI is InChI=1S/C15H17FN4O2/c16-12-7-11(3-4-14(12)20-9-17-8-18-20)15(22)19-13(5-6-21)10-1-2-10/h3-4,7-10,13,21H,1-2,5-6H2,(H,19,22). The van der Waals surface area contributed by atoms with E-state index in [1.54, 1.807) is 6.07 Å². The second-order valence-corrected chi connectivity index (χ2v) is 5.44. The van der Waals surface area contributed by atoms with Gasteiger partial charge in [-0.25, -0.2) is 14.1 Å². The monoisotopic (exact) mass is 304 g/mol. The normalized spacial score (nSPS) is 15.5. The number of rotatable bonds is 6. The summed E-state index contributed by atoms with van der Waals surface area (Å²) in [6, 6.07) is 4.19. The SMILES string of the molecule is O=C(NC(CCO)C1CC1)c1ccc(-n2cncn2)c(F)c1. The molecule has 0 spiro atoms. The minimum absolute atomic E-state index is 0.0288. The molecule has 1 saturated carbocycles. The van der Waals surface area contributed by atoms with Crippen molar-refractivity contribution in [1.29, 1.82) is 0 Å². The van der Waals surface area contributed by atoms with Crippen molar-refractivity contribution in [2.75, 3.05) is 6.61 Å². The van der Waals surface area contributed by atoms with Crippen LogP contribution in [0.1, 0.15) is 29.6 Å². The van der Waals surface area contributed by atoms with Crippen molar-refractivity contribution < 1.29 is 14.3 Å². The van der Waals surface area contributed by atoms with E-state index in [-0.39, 0.29) is 29.8 Å². The van der Waals surface area contributed by atoms with Crippen LogP contribution in [0, 0.1) is 11.7 Å². The second kappa shape index (κ2) is 6.23. The molecule has 22 heavy (non-hydrogen) atoms. The molecule has 3 rings (SSSR count). The molecule has 1 unspecified atom stereocenters. The molecule has 7 heteroatoms. The largest absolute Gasteiger partial charge is 0.396 e. The Labute approximate surface area is 127 Å². The van der Waals surface area contributed by atoms with Gasteiger partial charge in [-0.2, -0.15) is 5.10 Å². The van der Waals surface area contributed by atoms with E-state index in [0.29, 0.717) is 12.3 Å². The van der Waals surface area contributed by atoms with Crippen molar-refractivity contribution in [1.82, 2.24) is 20.1 Å². The summed E-state index contributed by atoms with van der Waals surface area (Å²) >= 11 is 0. The number of hydrogen-bond acceptors (Lipinski definition) is 4. The van der Waals surface area contributed by atoms with Crippen molar-refractivity contribution in [3.05, 3.63) is 42.2 Å². The number of hydrogen-bond donors (Lipinski definition) is 2. The van der Waals surface area contributed by atoms with Crippen molar-refractivity contribution >= 4 is 5.91 Å². The maximum Gasteiger partial charge on any atom is 0.251 e. The van der Waals surface area contributed by atoms with Gasteiger partial charge in [-0.15, -0.1) is 0 Å². The molecule has 0 bridgehead atoms. The maximum atomic E-state index is 14.1. The van der Waals surface area contributed by atoms with Crippen LogP contribution in [0.5, 0.6) is 0 Å². The van der Waals surface area contributed by atoms with Crippen LogP contribution in [0.2, 0.25) is 0 Å². The summed E-state index contributed by atoms with van der Waals surface area (Å²) in [4.78, 5) is 16.0. The highest BCUT2D eigenvalue weighted by molar-refractivity contribution is 5.94. The quantitative estimate of drug-likeness (QED) is 0.843. The summed E-state index contributed by atoms with van der Waals surface area (Å²) in [5.41, 5.74) is 0.494. The van der Waals surface area contributed by atoms with Crippen LogP contribution in [-0.4, -0.2) is 38.4 Å². The van der Waals surface area contributed by atoms with Crippen LogP contribution >= 0.6 is 0 Å². The lowest BCUT2D eigenvalue weighted by Gasteiger charge is -2.17. The van der Waals surface area contributed by atoms with Gasteiger partial charge in [-0.05, 0) is 43.4 Å². The minimum atomic E-state index is -0.539. The van der Waals surface area contributed by atoms with Crippen LogP contribution in [0.3, 0.4) is 0 Å². The van der Waals surface area contributed by atoms with Gasteiger partial charge in [0.25, 0.3) is 5.91 Å². The number of aliphatic hydroxyl groups excluding tert-OH is 1. The number of nitrogens with zero attached hydrogens (tertiary/aromatic N) is 3. The number of nitrogens with one attached hydrogen (secondary N) is 1. The Morgan fingerprint density at radius 3 is 2.91 bits per heavy atom. The number of aliphatic hydroxyl groups is 1. The highest BCUT2D eigenvalue weighted by atomic mass is 19.1. The Kier molecular flexibility index (Phi) is 4.15. The summed E-state index contributed by atoms with van der Waals surface area (Å²) in [6.45, 7) is 0.0288. The van der Waals surface area contributed by atoms with E-state index >= 15 is 0 Å². The molecule has 1 amide bonds. The summed E-state index contributed by atoms with van der Waals surface area (Å²) < 4.78 is 15.4. The lowest BCUT2D eigenvalue weighted by Crippen LogP contribution is -2.37. The van der Waals surface area contributed by atoms with Gasteiger partial charge in [-0.3, -0.25) is 4.79 Å². The Morgan fingerprint density at radius 2 is 2.32 bits per heavy atom. The first kappa shape index (κ1) is 14.6. The zero-order valence-electron chi connectivity index (χ0n) is 11.9. The molecule has 1 aliphatic carbocycles. The molecule has 0 aliphatic heterocycles. The number of aromatic nitrogens is 3. The Balaban J connectivity index is 1.74. The number of halogens is 1. The van der Waals surface area contributed by atoms with Gasteiger partial charge < -0.3 is 10.4 Å². The summed E-state index contributed by atoms with van der Waals surface area (Å²) in [6.07, 6.45) is 5.35. The van der Waals surface area contributed by atoms with Gasteiger partial charge in [0.1, 0.15) is 24.2 Å². The van der Waals surface area contributed by atoms with E-state index in [9.17, 15) is 9.18 Å². The summed E-state index contributed by atoms with van der Waals surface area (Å²) in [5, 5.41) is 15.8. The maximum absolute atomic E-state index is 14.1. The van der Waals surface area contributed by atoms with Crippen molar-refractivity contribution in [3.8, 4) is 5.69 Å². The third kappa shape index (κ3) is 3.14. The van der Waals surface area contributed by atoms with Crippen LogP contribution in [0.4, 0.5) is 4.39 Å². The molecule has 1 aromatic heterocycles. The van der Waals surface area contributed by atoms with E-state index in [4.69, 9.17) is 5.11 Å². The number of carbonyl (C=O) groups excluding carboxylic acids is 1. The van der Waals surface area contributed by atoms with Crippen molar-refractivity contribution in [2.24, 2.45) is 5.92 Å². The van der Waals surface area contributed by atoms with Gasteiger partial charge in [0.2, 0.25) is 0 Å². The average Bonchev–Trinajstić information content (AvgIpc) is 3.22. The third-order valence-corrected chi connectivity index (χ3v) is 3.82. The van der Waals surface area contributed by atoms with E-state index in [1.807, 2.05) is 0 Å². The smallest absolute Gasteiger partial charge is 0.251 e. The van der Waals surface area contributed by atoms with Crippen LogP contribution in [0.15, 0.2) is 30.9 Å². The number of carbonyl (C=O) groups is 1. The summed E-state index contributed by atoms with van der Waals surface area (Å²) in [7, 11) is 0. The fourth-order valence-corrected chi connectivity index (χ4v) is 2.48. The molecular formula is C15H17FN4O2.